The molecule has 0 saturated carbocycles. The number of non-ortho nitro benzene ring substituents is 1. The van der Waals surface area contributed by atoms with Crippen LogP contribution >= 0.6 is 0 Å². The zero-order valence-corrected chi connectivity index (χ0v) is 13.6. The number of benzene rings is 2. The summed E-state index contributed by atoms with van der Waals surface area (Å²) < 4.78 is 0. The van der Waals surface area contributed by atoms with Gasteiger partial charge < -0.3 is 5.32 Å². The molecular weight excluding hydrogens is 324 g/mol. The molecule has 0 heterocycles. The first-order valence-corrected chi connectivity index (χ1v) is 7.33. The molecule has 2 aromatic rings. The smallest absolute Gasteiger partial charge is 0.317 e. The van der Waals surface area contributed by atoms with Crippen LogP contribution in [0.2, 0.25) is 0 Å². The summed E-state index contributed by atoms with van der Waals surface area (Å²) in [5.74, 6) is -1.76. The summed E-state index contributed by atoms with van der Waals surface area (Å²) in [5, 5.41) is 16.7. The molecule has 8 heteroatoms. The molecule has 0 fully saturated rings. The van der Waals surface area contributed by atoms with Gasteiger partial charge in [-0.2, -0.15) is 5.10 Å². The number of nitrogens with zero attached hydrogens (tertiary/aromatic N) is 2. The van der Waals surface area contributed by atoms with Crippen molar-refractivity contribution in [3.63, 3.8) is 0 Å². The standard InChI is InChI=1S/C17H16N4O4/c1-11-4-3-5-15(12(11)2)19-16(22)17(23)20-18-10-13-6-8-14(9-7-13)21(24)25/h3-10H,1-2H3,(H,19,22)(H,20,23)/b18-10-. The van der Waals surface area contributed by atoms with Gasteiger partial charge in [-0.05, 0) is 48.7 Å². The third-order valence-corrected chi connectivity index (χ3v) is 3.54. The van der Waals surface area contributed by atoms with Gasteiger partial charge in [-0.15, -0.1) is 0 Å². The number of hydrogen-bond donors (Lipinski definition) is 2. The van der Waals surface area contributed by atoms with E-state index in [0.29, 0.717) is 11.3 Å². The van der Waals surface area contributed by atoms with Gasteiger partial charge in [-0.3, -0.25) is 19.7 Å². The maximum Gasteiger partial charge on any atom is 0.329 e. The summed E-state index contributed by atoms with van der Waals surface area (Å²) in [7, 11) is 0. The summed E-state index contributed by atoms with van der Waals surface area (Å²) in [6.45, 7) is 3.75. The van der Waals surface area contributed by atoms with Crippen LogP contribution in [0.1, 0.15) is 16.7 Å². The fourth-order valence-electron chi connectivity index (χ4n) is 1.96. The fourth-order valence-corrected chi connectivity index (χ4v) is 1.96. The van der Waals surface area contributed by atoms with Crippen molar-refractivity contribution < 1.29 is 14.5 Å². The van der Waals surface area contributed by atoms with Crippen LogP contribution in [0.4, 0.5) is 11.4 Å². The van der Waals surface area contributed by atoms with E-state index in [1.54, 1.807) is 12.1 Å². The molecule has 2 aromatic carbocycles. The van der Waals surface area contributed by atoms with Gasteiger partial charge in [0, 0.05) is 17.8 Å². The van der Waals surface area contributed by atoms with E-state index in [-0.39, 0.29) is 5.69 Å². The fraction of sp³-hybridized carbons (Fsp3) is 0.118. The van der Waals surface area contributed by atoms with Crippen LogP contribution in [-0.2, 0) is 9.59 Å². The monoisotopic (exact) mass is 340 g/mol. The Labute approximate surface area is 143 Å². The molecule has 0 atom stereocenters. The van der Waals surface area contributed by atoms with Crippen molar-refractivity contribution in [2.75, 3.05) is 5.32 Å². The first kappa shape index (κ1) is 17.8. The maximum absolute atomic E-state index is 11.9. The summed E-state index contributed by atoms with van der Waals surface area (Å²) in [4.78, 5) is 33.7. The lowest BCUT2D eigenvalue weighted by Crippen LogP contribution is -2.32. The minimum atomic E-state index is -0.918. The zero-order chi connectivity index (χ0) is 18.4. The summed E-state index contributed by atoms with van der Waals surface area (Å²) >= 11 is 0. The lowest BCUT2D eigenvalue weighted by molar-refractivity contribution is -0.384. The Hall–Kier alpha value is -3.55. The van der Waals surface area contributed by atoms with Gasteiger partial charge in [0.2, 0.25) is 0 Å². The molecular formula is C17H16N4O4. The van der Waals surface area contributed by atoms with Crippen LogP contribution in [0.3, 0.4) is 0 Å². The van der Waals surface area contributed by atoms with Crippen LogP contribution in [-0.4, -0.2) is 23.0 Å². The van der Waals surface area contributed by atoms with Crippen LogP contribution in [0, 0.1) is 24.0 Å². The van der Waals surface area contributed by atoms with Gasteiger partial charge in [0.25, 0.3) is 5.69 Å². The Bertz CT molecular complexity index is 844. The molecule has 0 radical (unpaired) electrons. The molecule has 128 valence electrons. The van der Waals surface area contributed by atoms with Crippen LogP contribution < -0.4 is 10.7 Å². The lowest BCUT2D eigenvalue weighted by Gasteiger charge is -2.09. The van der Waals surface area contributed by atoms with Gasteiger partial charge in [0.15, 0.2) is 0 Å². The Morgan fingerprint density at radius 1 is 1.08 bits per heavy atom. The van der Waals surface area contributed by atoms with Gasteiger partial charge in [0.05, 0.1) is 11.1 Å². The number of hydrazone groups is 1. The summed E-state index contributed by atoms with van der Waals surface area (Å²) in [5.41, 5.74) is 5.03. The molecule has 0 aromatic heterocycles. The van der Waals surface area contributed by atoms with E-state index in [4.69, 9.17) is 0 Å². The third-order valence-electron chi connectivity index (χ3n) is 3.54. The second-order valence-corrected chi connectivity index (χ2v) is 5.25. The maximum atomic E-state index is 11.9. The number of rotatable bonds is 4. The number of hydrogen-bond acceptors (Lipinski definition) is 5. The van der Waals surface area contributed by atoms with Crippen molar-refractivity contribution in [2.45, 2.75) is 13.8 Å². The van der Waals surface area contributed by atoms with E-state index in [9.17, 15) is 19.7 Å². The van der Waals surface area contributed by atoms with Gasteiger partial charge in [0.1, 0.15) is 0 Å². The van der Waals surface area contributed by atoms with E-state index in [0.717, 1.165) is 11.1 Å². The first-order chi connectivity index (χ1) is 11.9. The van der Waals surface area contributed by atoms with E-state index >= 15 is 0 Å². The molecule has 2 N–H and O–H groups in total. The minimum Gasteiger partial charge on any atom is -0.317 e. The van der Waals surface area contributed by atoms with Crippen LogP contribution in [0.5, 0.6) is 0 Å². The van der Waals surface area contributed by atoms with E-state index in [1.165, 1.54) is 30.5 Å². The van der Waals surface area contributed by atoms with E-state index < -0.39 is 16.7 Å². The van der Waals surface area contributed by atoms with E-state index in [2.05, 4.69) is 15.8 Å². The topological polar surface area (TPSA) is 114 Å². The molecule has 0 aliphatic heterocycles. The van der Waals surface area contributed by atoms with Crippen molar-refractivity contribution in [2.24, 2.45) is 5.10 Å². The number of nitro benzene ring substituents is 1. The molecule has 0 saturated heterocycles. The van der Waals surface area contributed by atoms with Gasteiger partial charge >= 0.3 is 11.8 Å². The number of nitro groups is 1. The Kier molecular flexibility index (Phi) is 5.57. The Balaban J connectivity index is 1.93. The molecule has 2 amide bonds. The summed E-state index contributed by atoms with van der Waals surface area (Å²) in [6, 6.07) is 11.0. The molecule has 0 spiro atoms. The lowest BCUT2D eigenvalue weighted by atomic mass is 10.1. The van der Waals surface area contributed by atoms with Crippen molar-refractivity contribution in [1.82, 2.24) is 5.43 Å². The minimum absolute atomic E-state index is 0.0471. The van der Waals surface area contributed by atoms with Crippen molar-refractivity contribution in [1.29, 1.82) is 0 Å². The number of nitrogens with one attached hydrogen (secondary N) is 2. The molecule has 0 aliphatic carbocycles. The van der Waals surface area contributed by atoms with Crippen molar-refractivity contribution in [3.05, 3.63) is 69.3 Å². The summed E-state index contributed by atoms with van der Waals surface area (Å²) in [6.07, 6.45) is 1.28. The largest absolute Gasteiger partial charge is 0.329 e. The second kappa shape index (κ2) is 7.82. The highest BCUT2D eigenvalue weighted by molar-refractivity contribution is 6.39. The molecule has 0 unspecified atom stereocenters. The SMILES string of the molecule is Cc1cccc(NC(=O)C(=O)N/N=C\c2ccc([N+](=O)[O-])cc2)c1C. The third kappa shape index (κ3) is 4.71. The van der Waals surface area contributed by atoms with Gasteiger partial charge in [-0.1, -0.05) is 12.1 Å². The highest BCUT2D eigenvalue weighted by atomic mass is 16.6. The highest BCUT2D eigenvalue weighted by Crippen LogP contribution is 2.17. The Morgan fingerprint density at radius 2 is 1.76 bits per heavy atom. The number of carbonyl (C=O) groups excluding carboxylic acids is 2. The number of anilines is 1. The highest BCUT2D eigenvalue weighted by Gasteiger charge is 2.14. The molecule has 8 nitrogen and oxygen atoms in total. The number of amides is 2. The van der Waals surface area contributed by atoms with Crippen LogP contribution in [0.15, 0.2) is 47.6 Å². The van der Waals surface area contributed by atoms with Gasteiger partial charge in [-0.25, -0.2) is 5.43 Å². The normalized spacial score (nSPS) is 10.5. The molecule has 0 aliphatic rings. The Morgan fingerprint density at radius 3 is 2.40 bits per heavy atom. The van der Waals surface area contributed by atoms with E-state index in [1.807, 2.05) is 19.9 Å². The predicted octanol–water partition coefficient (Wildman–Crippen LogP) is 2.30. The van der Waals surface area contributed by atoms with Crippen LogP contribution in [0.25, 0.3) is 0 Å². The molecule has 0 bridgehead atoms. The number of carbonyl (C=O) groups is 2. The second-order valence-electron chi connectivity index (χ2n) is 5.25. The molecule has 25 heavy (non-hydrogen) atoms. The average Bonchev–Trinajstić information content (AvgIpc) is 2.59. The predicted molar refractivity (Wildman–Crippen MR) is 93.4 cm³/mol. The zero-order valence-electron chi connectivity index (χ0n) is 13.6. The molecule has 2 rings (SSSR count). The van der Waals surface area contributed by atoms with Crippen molar-refractivity contribution >= 4 is 29.4 Å². The number of aryl methyl sites for hydroxylation is 1. The van der Waals surface area contributed by atoms with Crippen molar-refractivity contribution in [3.8, 4) is 0 Å². The quantitative estimate of drug-likeness (QED) is 0.385. The average molecular weight is 340 g/mol. The first-order valence-electron chi connectivity index (χ1n) is 7.33.